The van der Waals surface area contributed by atoms with Crippen LogP contribution in [0, 0.1) is 9.49 Å². The van der Waals surface area contributed by atoms with Crippen LogP contribution in [0.3, 0.4) is 0 Å². The van der Waals surface area contributed by atoms with Gasteiger partial charge in [0.1, 0.15) is 0 Å². The zero-order valence-corrected chi connectivity index (χ0v) is 14.0. The molecule has 2 nitrogen and oxygen atoms in total. The molecule has 1 heterocycles. The van der Waals surface area contributed by atoms with Crippen LogP contribution < -0.4 is 10.2 Å². The maximum Gasteiger partial charge on any atom is 0.0438 e. The number of piperazine rings is 1. The molecule has 1 atom stereocenters. The molecule has 1 fully saturated rings. The van der Waals surface area contributed by atoms with Crippen molar-refractivity contribution in [1.82, 2.24) is 5.32 Å². The van der Waals surface area contributed by atoms with Crippen LogP contribution in [-0.2, 0) is 0 Å². The van der Waals surface area contributed by atoms with Gasteiger partial charge in [-0.2, -0.15) is 0 Å². The van der Waals surface area contributed by atoms with E-state index in [1.54, 1.807) is 0 Å². The average molecular weight is 409 g/mol. The molecule has 0 radical (unpaired) electrons. The Hall–Kier alpha value is 0.190. The molecular weight excluding hydrogens is 391 g/mol. The van der Waals surface area contributed by atoms with E-state index in [0.29, 0.717) is 12.0 Å². The second-order valence-corrected chi connectivity index (χ2v) is 6.82. The lowest BCUT2D eigenvalue weighted by Gasteiger charge is -2.40. The summed E-state index contributed by atoms with van der Waals surface area (Å²) >= 11 is 5.94. The van der Waals surface area contributed by atoms with Crippen LogP contribution in [0.25, 0.3) is 0 Å². The van der Waals surface area contributed by atoms with Gasteiger partial charge in [-0.25, -0.2) is 0 Å². The highest BCUT2D eigenvalue weighted by molar-refractivity contribution is 14.1. The van der Waals surface area contributed by atoms with Crippen LogP contribution in [0.1, 0.15) is 13.8 Å². The van der Waals surface area contributed by atoms with Crippen LogP contribution in [0.2, 0.25) is 0 Å². The lowest BCUT2D eigenvalue weighted by Crippen LogP contribution is -2.53. The Morgan fingerprint density at radius 2 is 2.24 bits per heavy atom. The fourth-order valence-corrected chi connectivity index (χ4v) is 3.05. The van der Waals surface area contributed by atoms with Crippen LogP contribution in [0.4, 0.5) is 5.69 Å². The van der Waals surface area contributed by atoms with Crippen LogP contribution >= 0.6 is 38.5 Å². The molecule has 94 valence electrons. The maximum absolute atomic E-state index is 3.56. The number of hydrogen-bond donors (Lipinski definition) is 1. The average Bonchev–Trinajstić information content (AvgIpc) is 2.32. The number of halogens is 2. The number of nitrogens with one attached hydrogen (secondary N) is 1. The highest BCUT2D eigenvalue weighted by Gasteiger charge is 2.25. The Kier molecular flexibility index (Phi) is 4.72. The van der Waals surface area contributed by atoms with Gasteiger partial charge in [-0.1, -0.05) is 13.8 Å². The SMILES string of the molecule is CC(C)C1CNCCN1c1ccc(Br)c(I)c1. The third-order valence-electron chi connectivity index (χ3n) is 3.29. The van der Waals surface area contributed by atoms with Crippen molar-refractivity contribution in [3.05, 3.63) is 26.2 Å². The van der Waals surface area contributed by atoms with Crippen LogP contribution in [0.15, 0.2) is 22.7 Å². The molecule has 0 aliphatic carbocycles. The van der Waals surface area contributed by atoms with Crippen molar-refractivity contribution >= 4 is 44.2 Å². The van der Waals surface area contributed by atoms with Gasteiger partial charge in [0.15, 0.2) is 0 Å². The second kappa shape index (κ2) is 5.89. The first-order valence-electron chi connectivity index (χ1n) is 6.02. The highest BCUT2D eigenvalue weighted by atomic mass is 127. The van der Waals surface area contributed by atoms with E-state index in [1.165, 1.54) is 13.7 Å². The molecule has 0 bridgehead atoms. The Bertz CT molecular complexity index is 395. The predicted molar refractivity (Wildman–Crippen MR) is 85.7 cm³/mol. The summed E-state index contributed by atoms with van der Waals surface area (Å²) < 4.78 is 2.46. The van der Waals surface area contributed by atoms with Crippen molar-refractivity contribution < 1.29 is 0 Å². The second-order valence-electron chi connectivity index (χ2n) is 4.81. The Labute approximate surface area is 125 Å². The van der Waals surface area contributed by atoms with Gasteiger partial charge in [0, 0.05) is 39.4 Å². The summed E-state index contributed by atoms with van der Waals surface area (Å²) in [4.78, 5) is 2.54. The number of anilines is 1. The summed E-state index contributed by atoms with van der Waals surface area (Å²) in [6.45, 7) is 7.86. The fourth-order valence-electron chi connectivity index (χ4n) is 2.31. The molecule has 2 rings (SSSR count). The lowest BCUT2D eigenvalue weighted by atomic mass is 10.00. The van der Waals surface area contributed by atoms with E-state index in [1.807, 2.05) is 0 Å². The van der Waals surface area contributed by atoms with Crippen molar-refractivity contribution in [1.29, 1.82) is 0 Å². The fraction of sp³-hybridized carbons (Fsp3) is 0.538. The van der Waals surface area contributed by atoms with Crippen LogP contribution in [-0.4, -0.2) is 25.7 Å². The molecule has 1 unspecified atom stereocenters. The van der Waals surface area contributed by atoms with Gasteiger partial charge in [0.05, 0.1) is 0 Å². The summed E-state index contributed by atoms with van der Waals surface area (Å²) in [5.41, 5.74) is 1.35. The summed E-state index contributed by atoms with van der Waals surface area (Å²) in [6.07, 6.45) is 0. The van der Waals surface area contributed by atoms with Gasteiger partial charge in [-0.15, -0.1) is 0 Å². The summed E-state index contributed by atoms with van der Waals surface area (Å²) in [5.74, 6) is 0.670. The molecule has 0 amide bonds. The van der Waals surface area contributed by atoms with E-state index < -0.39 is 0 Å². The Morgan fingerprint density at radius 3 is 2.88 bits per heavy atom. The zero-order chi connectivity index (χ0) is 12.4. The first-order chi connectivity index (χ1) is 8.09. The molecule has 1 aromatic rings. The molecule has 0 spiro atoms. The first-order valence-corrected chi connectivity index (χ1v) is 7.89. The number of nitrogens with zero attached hydrogens (tertiary/aromatic N) is 1. The smallest absolute Gasteiger partial charge is 0.0438 e. The molecule has 1 aliphatic heterocycles. The maximum atomic E-state index is 3.56. The van der Waals surface area contributed by atoms with Gasteiger partial charge < -0.3 is 10.2 Å². The van der Waals surface area contributed by atoms with E-state index in [0.717, 1.165) is 19.6 Å². The van der Waals surface area contributed by atoms with Crippen molar-refractivity contribution in [2.75, 3.05) is 24.5 Å². The van der Waals surface area contributed by atoms with Gasteiger partial charge in [-0.3, -0.25) is 0 Å². The first kappa shape index (κ1) is 13.6. The van der Waals surface area contributed by atoms with Crippen molar-refractivity contribution in [2.45, 2.75) is 19.9 Å². The van der Waals surface area contributed by atoms with Gasteiger partial charge in [0.25, 0.3) is 0 Å². The van der Waals surface area contributed by atoms with Crippen molar-refractivity contribution in [3.63, 3.8) is 0 Å². The third-order valence-corrected chi connectivity index (χ3v) is 5.61. The van der Waals surface area contributed by atoms with Crippen LogP contribution in [0.5, 0.6) is 0 Å². The molecule has 1 aromatic carbocycles. The Balaban J connectivity index is 2.26. The van der Waals surface area contributed by atoms with E-state index in [4.69, 9.17) is 0 Å². The lowest BCUT2D eigenvalue weighted by molar-refractivity contribution is 0.390. The number of benzene rings is 1. The number of hydrogen-bond acceptors (Lipinski definition) is 2. The summed E-state index contributed by atoms with van der Waals surface area (Å²) in [5, 5.41) is 3.49. The monoisotopic (exact) mass is 408 g/mol. The molecule has 1 N–H and O–H groups in total. The standard InChI is InChI=1S/C13H18BrIN2/c1-9(2)13-8-16-5-6-17(13)10-3-4-11(14)12(15)7-10/h3-4,7,9,13,16H,5-6,8H2,1-2H3. The topological polar surface area (TPSA) is 15.3 Å². The number of rotatable bonds is 2. The van der Waals surface area contributed by atoms with E-state index in [-0.39, 0.29) is 0 Å². The minimum absolute atomic E-state index is 0.598. The zero-order valence-electron chi connectivity index (χ0n) is 10.2. The van der Waals surface area contributed by atoms with Gasteiger partial charge in [-0.05, 0) is 62.6 Å². The Morgan fingerprint density at radius 1 is 1.47 bits per heavy atom. The van der Waals surface area contributed by atoms with Gasteiger partial charge >= 0.3 is 0 Å². The van der Waals surface area contributed by atoms with Crippen molar-refractivity contribution in [2.24, 2.45) is 5.92 Å². The quantitative estimate of drug-likeness (QED) is 0.753. The normalized spacial score (nSPS) is 21.0. The minimum Gasteiger partial charge on any atom is -0.366 e. The van der Waals surface area contributed by atoms with E-state index >= 15 is 0 Å². The predicted octanol–water partition coefficient (Wildman–Crippen LogP) is 3.49. The molecule has 4 heteroatoms. The van der Waals surface area contributed by atoms with E-state index in [2.05, 4.69) is 80.8 Å². The molecular formula is C13H18BrIN2. The van der Waals surface area contributed by atoms with Gasteiger partial charge in [0.2, 0.25) is 0 Å². The van der Waals surface area contributed by atoms with E-state index in [9.17, 15) is 0 Å². The molecule has 17 heavy (non-hydrogen) atoms. The highest BCUT2D eigenvalue weighted by Crippen LogP contribution is 2.28. The summed E-state index contributed by atoms with van der Waals surface area (Å²) in [7, 11) is 0. The van der Waals surface area contributed by atoms with Crippen molar-refractivity contribution in [3.8, 4) is 0 Å². The minimum atomic E-state index is 0.598. The molecule has 1 saturated heterocycles. The summed E-state index contributed by atoms with van der Waals surface area (Å²) in [6, 6.07) is 7.23. The largest absolute Gasteiger partial charge is 0.366 e. The molecule has 0 aromatic heterocycles. The molecule has 0 saturated carbocycles. The molecule has 1 aliphatic rings. The third kappa shape index (κ3) is 3.15.